The molecule has 4 aromatic rings. The van der Waals surface area contributed by atoms with E-state index < -0.39 is 5.82 Å². The van der Waals surface area contributed by atoms with E-state index >= 15 is 0 Å². The van der Waals surface area contributed by atoms with Crippen molar-refractivity contribution in [1.29, 1.82) is 0 Å². The normalized spacial score (nSPS) is 10.9. The van der Waals surface area contributed by atoms with Crippen LogP contribution < -0.4 is 15.4 Å². The van der Waals surface area contributed by atoms with E-state index in [4.69, 9.17) is 9.15 Å². The maximum Gasteiger partial charge on any atom is 0.226 e. The number of aromatic nitrogens is 2. The Balaban J connectivity index is 0.00000306. The smallest absolute Gasteiger partial charge is 0.226 e. The Morgan fingerprint density at radius 2 is 1.88 bits per heavy atom. The van der Waals surface area contributed by atoms with Crippen LogP contribution in [0.3, 0.4) is 0 Å². The average Bonchev–Trinajstić information content (AvgIpc) is 3.31. The molecule has 0 bridgehead atoms. The third-order valence-electron chi connectivity index (χ3n) is 4.55. The average molecular weight is 559 g/mol. The number of aliphatic imine (C=N–C) groups is 1. The molecular weight excluding hydrogens is 536 g/mol. The Labute approximate surface area is 208 Å². The number of pyridine rings is 1. The topological polar surface area (TPSA) is 84.6 Å². The number of hydrogen-bond donors (Lipinski definition) is 2. The fraction of sp³-hybridized carbons (Fsp3) is 0.125. The highest BCUT2D eigenvalue weighted by molar-refractivity contribution is 14.0. The van der Waals surface area contributed by atoms with Gasteiger partial charge in [0.15, 0.2) is 17.5 Å². The highest BCUT2D eigenvalue weighted by Gasteiger charge is 2.09. The van der Waals surface area contributed by atoms with Gasteiger partial charge >= 0.3 is 0 Å². The van der Waals surface area contributed by atoms with Gasteiger partial charge in [-0.1, -0.05) is 24.3 Å². The van der Waals surface area contributed by atoms with E-state index in [2.05, 4.69) is 25.6 Å². The van der Waals surface area contributed by atoms with Gasteiger partial charge in [0, 0.05) is 25.4 Å². The minimum Gasteiger partial charge on any atom is -0.453 e. The summed E-state index contributed by atoms with van der Waals surface area (Å²) in [6, 6.07) is 17.9. The molecule has 0 amide bonds. The van der Waals surface area contributed by atoms with Crippen LogP contribution in [0.15, 0.2) is 88.7 Å². The third kappa shape index (κ3) is 6.75. The van der Waals surface area contributed by atoms with Crippen molar-refractivity contribution in [2.24, 2.45) is 4.99 Å². The van der Waals surface area contributed by atoms with Gasteiger partial charge in [-0.3, -0.25) is 9.98 Å². The molecule has 7 nitrogen and oxygen atoms in total. The molecule has 0 aliphatic carbocycles. The lowest BCUT2D eigenvalue weighted by molar-refractivity contribution is 0.440. The van der Waals surface area contributed by atoms with Crippen molar-refractivity contribution in [1.82, 2.24) is 20.6 Å². The van der Waals surface area contributed by atoms with Crippen LogP contribution in [0.2, 0.25) is 0 Å². The summed E-state index contributed by atoms with van der Waals surface area (Å²) in [7, 11) is 1.67. The standard InChI is InChI=1S/C24H22FN5O2.HI/c1-26-24(29-14-19-16-31-23(30-19)18-6-3-2-4-7-18)28-13-17-9-10-22(21(25)12-17)32-20-8-5-11-27-15-20;/h2-12,15-16H,13-14H2,1H3,(H2,26,28,29);1H. The number of nitrogens with one attached hydrogen (secondary N) is 2. The number of ether oxygens (including phenoxy) is 1. The first kappa shape index (κ1) is 24.2. The molecule has 0 fully saturated rings. The predicted octanol–water partition coefficient (Wildman–Crippen LogP) is 5.15. The largest absolute Gasteiger partial charge is 0.453 e. The van der Waals surface area contributed by atoms with Crippen molar-refractivity contribution in [2.45, 2.75) is 13.1 Å². The summed E-state index contributed by atoms with van der Waals surface area (Å²) in [4.78, 5) is 12.6. The van der Waals surface area contributed by atoms with E-state index in [1.807, 2.05) is 30.3 Å². The van der Waals surface area contributed by atoms with E-state index in [1.165, 1.54) is 12.3 Å². The molecule has 2 N–H and O–H groups in total. The first-order valence-electron chi connectivity index (χ1n) is 10.0. The van der Waals surface area contributed by atoms with E-state index in [0.717, 1.165) is 16.8 Å². The second-order valence-electron chi connectivity index (χ2n) is 6.84. The van der Waals surface area contributed by atoms with Gasteiger partial charge in [0.25, 0.3) is 0 Å². The molecule has 0 saturated carbocycles. The molecule has 0 aliphatic rings. The van der Waals surface area contributed by atoms with Gasteiger partial charge in [0.1, 0.15) is 12.0 Å². The second-order valence-corrected chi connectivity index (χ2v) is 6.84. The molecule has 170 valence electrons. The molecule has 0 radical (unpaired) electrons. The minimum atomic E-state index is -0.452. The van der Waals surface area contributed by atoms with Crippen LogP contribution >= 0.6 is 24.0 Å². The molecule has 0 spiro atoms. The Bertz CT molecular complexity index is 1190. The lowest BCUT2D eigenvalue weighted by atomic mass is 10.2. The van der Waals surface area contributed by atoms with E-state index in [-0.39, 0.29) is 29.7 Å². The molecule has 2 aromatic carbocycles. The summed E-state index contributed by atoms with van der Waals surface area (Å²) < 4.78 is 25.5. The molecule has 0 aliphatic heterocycles. The molecule has 9 heteroatoms. The molecule has 0 atom stereocenters. The molecule has 2 aromatic heterocycles. The van der Waals surface area contributed by atoms with E-state index in [1.54, 1.807) is 43.8 Å². The van der Waals surface area contributed by atoms with Crippen LogP contribution in [0.5, 0.6) is 11.5 Å². The number of halogens is 2. The zero-order valence-electron chi connectivity index (χ0n) is 17.9. The number of rotatable bonds is 7. The van der Waals surface area contributed by atoms with Crippen LogP contribution in [0.25, 0.3) is 11.5 Å². The van der Waals surface area contributed by atoms with Crippen molar-refractivity contribution in [3.05, 3.63) is 96.4 Å². The summed E-state index contributed by atoms with van der Waals surface area (Å²) in [6.45, 7) is 0.820. The number of nitrogens with zero attached hydrogens (tertiary/aromatic N) is 3. The zero-order valence-corrected chi connectivity index (χ0v) is 20.2. The van der Waals surface area contributed by atoms with Crippen LogP contribution in [-0.2, 0) is 13.1 Å². The number of oxazole rings is 1. The monoisotopic (exact) mass is 559 g/mol. The SMILES string of the molecule is CN=C(NCc1ccc(Oc2cccnc2)c(F)c1)NCc1coc(-c2ccccc2)n1.I. The highest BCUT2D eigenvalue weighted by Crippen LogP contribution is 2.24. The third-order valence-corrected chi connectivity index (χ3v) is 4.55. The summed E-state index contributed by atoms with van der Waals surface area (Å²) in [5.41, 5.74) is 2.41. The molecule has 33 heavy (non-hydrogen) atoms. The Morgan fingerprint density at radius 1 is 1.06 bits per heavy atom. The number of benzene rings is 2. The quantitative estimate of drug-likeness (QED) is 0.185. The van der Waals surface area contributed by atoms with Gasteiger partial charge in [-0.25, -0.2) is 9.37 Å². The summed E-state index contributed by atoms with van der Waals surface area (Å²) in [6.07, 6.45) is 4.77. The van der Waals surface area contributed by atoms with Crippen molar-refractivity contribution in [3.63, 3.8) is 0 Å². The van der Waals surface area contributed by atoms with Crippen molar-refractivity contribution < 1.29 is 13.5 Å². The fourth-order valence-corrected chi connectivity index (χ4v) is 2.95. The number of guanidine groups is 1. The van der Waals surface area contributed by atoms with Gasteiger partial charge in [-0.05, 0) is 42.0 Å². The maximum absolute atomic E-state index is 14.4. The van der Waals surface area contributed by atoms with Crippen molar-refractivity contribution >= 4 is 29.9 Å². The summed E-state index contributed by atoms with van der Waals surface area (Å²) in [5.74, 6) is 1.29. The minimum absolute atomic E-state index is 0. The Kier molecular flexibility index (Phi) is 8.76. The summed E-state index contributed by atoms with van der Waals surface area (Å²) >= 11 is 0. The van der Waals surface area contributed by atoms with E-state index in [0.29, 0.717) is 30.7 Å². The van der Waals surface area contributed by atoms with Gasteiger partial charge in [0.05, 0.1) is 18.4 Å². The van der Waals surface area contributed by atoms with Crippen LogP contribution in [-0.4, -0.2) is 23.0 Å². The number of hydrogen-bond acceptors (Lipinski definition) is 5. The molecule has 2 heterocycles. The second kappa shape index (κ2) is 12.0. The lowest BCUT2D eigenvalue weighted by Gasteiger charge is -2.12. The zero-order chi connectivity index (χ0) is 22.2. The van der Waals surface area contributed by atoms with Gasteiger partial charge < -0.3 is 19.8 Å². The first-order chi connectivity index (χ1) is 15.7. The predicted molar refractivity (Wildman–Crippen MR) is 135 cm³/mol. The molecule has 0 saturated heterocycles. The van der Waals surface area contributed by atoms with Crippen LogP contribution in [0.4, 0.5) is 4.39 Å². The van der Waals surface area contributed by atoms with Crippen molar-refractivity contribution in [2.75, 3.05) is 7.05 Å². The van der Waals surface area contributed by atoms with Crippen LogP contribution in [0.1, 0.15) is 11.3 Å². The first-order valence-corrected chi connectivity index (χ1v) is 10.0. The highest BCUT2D eigenvalue weighted by atomic mass is 127. The Morgan fingerprint density at radius 3 is 2.61 bits per heavy atom. The molecule has 4 rings (SSSR count). The molecular formula is C24H23FIN5O2. The summed E-state index contributed by atoms with van der Waals surface area (Å²) in [5, 5.41) is 6.32. The van der Waals surface area contributed by atoms with Crippen LogP contribution in [0, 0.1) is 5.82 Å². The maximum atomic E-state index is 14.4. The lowest BCUT2D eigenvalue weighted by Crippen LogP contribution is -2.36. The van der Waals surface area contributed by atoms with Gasteiger partial charge in [0.2, 0.25) is 5.89 Å². The molecule has 0 unspecified atom stereocenters. The van der Waals surface area contributed by atoms with Gasteiger partial charge in [-0.15, -0.1) is 24.0 Å². The fourth-order valence-electron chi connectivity index (χ4n) is 2.95. The Hall–Kier alpha value is -3.47. The van der Waals surface area contributed by atoms with Crippen molar-refractivity contribution in [3.8, 4) is 23.0 Å². The van der Waals surface area contributed by atoms with E-state index in [9.17, 15) is 4.39 Å². The van der Waals surface area contributed by atoms with Gasteiger partial charge in [-0.2, -0.15) is 0 Å².